The van der Waals surface area contributed by atoms with Gasteiger partial charge in [0.05, 0.1) is 7.11 Å². The number of aromatic hydroxyl groups is 1. The standard InChI is InChI=1S/C15H24N2O2/c1-3-17-9-7-13(8-10-17)16-11-12-5-4-6-14(19-2)15(12)18/h4-6,13,16,18H,3,7-11H2,1-2H3. The molecule has 1 saturated heterocycles. The van der Waals surface area contributed by atoms with E-state index in [0.29, 0.717) is 18.3 Å². The van der Waals surface area contributed by atoms with Crippen molar-refractivity contribution in [2.45, 2.75) is 32.4 Å². The van der Waals surface area contributed by atoms with Crippen LogP contribution in [0, 0.1) is 0 Å². The van der Waals surface area contributed by atoms with Crippen LogP contribution in [-0.4, -0.2) is 42.8 Å². The third-order valence-electron chi connectivity index (χ3n) is 3.92. The Hall–Kier alpha value is -1.26. The van der Waals surface area contributed by atoms with Gasteiger partial charge in [-0.25, -0.2) is 0 Å². The SMILES string of the molecule is CCN1CCC(NCc2cccc(OC)c2O)CC1. The maximum Gasteiger partial charge on any atom is 0.162 e. The second-order valence-corrected chi connectivity index (χ2v) is 5.06. The van der Waals surface area contributed by atoms with E-state index in [9.17, 15) is 5.11 Å². The number of hydrogen-bond donors (Lipinski definition) is 2. The normalized spacial score (nSPS) is 17.6. The van der Waals surface area contributed by atoms with Crippen molar-refractivity contribution < 1.29 is 9.84 Å². The summed E-state index contributed by atoms with van der Waals surface area (Å²) in [5.74, 6) is 0.795. The van der Waals surface area contributed by atoms with Gasteiger partial charge in [0.2, 0.25) is 0 Å². The Bertz CT molecular complexity index is 401. The Labute approximate surface area is 115 Å². The number of nitrogens with zero attached hydrogens (tertiary/aromatic N) is 1. The molecule has 2 N–H and O–H groups in total. The number of benzene rings is 1. The fourth-order valence-electron chi connectivity index (χ4n) is 2.58. The van der Waals surface area contributed by atoms with Crippen LogP contribution in [0.4, 0.5) is 0 Å². The number of likely N-dealkylation sites (tertiary alicyclic amines) is 1. The van der Waals surface area contributed by atoms with E-state index >= 15 is 0 Å². The number of para-hydroxylation sites is 1. The summed E-state index contributed by atoms with van der Waals surface area (Å²) in [4.78, 5) is 2.47. The number of phenols is 1. The molecule has 2 rings (SSSR count). The molecule has 0 spiro atoms. The molecule has 0 atom stereocenters. The number of nitrogens with one attached hydrogen (secondary N) is 1. The lowest BCUT2D eigenvalue weighted by Crippen LogP contribution is -2.42. The largest absolute Gasteiger partial charge is 0.504 e. The van der Waals surface area contributed by atoms with Crippen molar-refractivity contribution in [3.8, 4) is 11.5 Å². The Kier molecular flexibility index (Phi) is 5.05. The lowest BCUT2D eigenvalue weighted by molar-refractivity contribution is 0.205. The molecule has 0 saturated carbocycles. The van der Waals surface area contributed by atoms with E-state index in [4.69, 9.17) is 4.74 Å². The minimum atomic E-state index is 0.253. The van der Waals surface area contributed by atoms with Crippen molar-refractivity contribution in [1.29, 1.82) is 0 Å². The van der Waals surface area contributed by atoms with Gasteiger partial charge in [-0.1, -0.05) is 19.1 Å². The summed E-state index contributed by atoms with van der Waals surface area (Å²) in [7, 11) is 1.58. The van der Waals surface area contributed by atoms with Gasteiger partial charge in [0, 0.05) is 18.2 Å². The van der Waals surface area contributed by atoms with Crippen LogP contribution in [0.3, 0.4) is 0 Å². The molecule has 106 valence electrons. The molecule has 1 fully saturated rings. The molecule has 0 unspecified atom stereocenters. The van der Waals surface area contributed by atoms with Crippen LogP contribution in [0.15, 0.2) is 18.2 Å². The van der Waals surface area contributed by atoms with Gasteiger partial charge in [0.25, 0.3) is 0 Å². The van der Waals surface area contributed by atoms with Crippen molar-refractivity contribution in [3.63, 3.8) is 0 Å². The second-order valence-electron chi connectivity index (χ2n) is 5.06. The summed E-state index contributed by atoms with van der Waals surface area (Å²) in [5, 5.41) is 13.6. The first kappa shape index (κ1) is 14.2. The summed E-state index contributed by atoms with van der Waals surface area (Å²) in [6, 6.07) is 6.17. The van der Waals surface area contributed by atoms with E-state index in [1.54, 1.807) is 13.2 Å². The van der Waals surface area contributed by atoms with Gasteiger partial charge >= 0.3 is 0 Å². The monoisotopic (exact) mass is 264 g/mol. The van der Waals surface area contributed by atoms with Crippen LogP contribution < -0.4 is 10.1 Å². The summed E-state index contributed by atoms with van der Waals surface area (Å²) < 4.78 is 5.12. The molecule has 1 aromatic rings. The summed E-state index contributed by atoms with van der Waals surface area (Å²) in [6.07, 6.45) is 2.36. The lowest BCUT2D eigenvalue weighted by Gasteiger charge is -2.31. The molecule has 0 aromatic heterocycles. The van der Waals surface area contributed by atoms with E-state index < -0.39 is 0 Å². The average Bonchev–Trinajstić information content (AvgIpc) is 2.47. The first-order chi connectivity index (χ1) is 9.24. The highest BCUT2D eigenvalue weighted by Crippen LogP contribution is 2.29. The van der Waals surface area contributed by atoms with E-state index in [1.807, 2.05) is 12.1 Å². The van der Waals surface area contributed by atoms with Crippen molar-refractivity contribution >= 4 is 0 Å². The fraction of sp³-hybridized carbons (Fsp3) is 0.600. The molecule has 0 amide bonds. The van der Waals surface area contributed by atoms with Gasteiger partial charge in [-0.15, -0.1) is 0 Å². The first-order valence-corrected chi connectivity index (χ1v) is 7.05. The van der Waals surface area contributed by atoms with Gasteiger partial charge < -0.3 is 20.1 Å². The van der Waals surface area contributed by atoms with Crippen molar-refractivity contribution in [2.75, 3.05) is 26.7 Å². The molecular formula is C15H24N2O2. The molecule has 4 nitrogen and oxygen atoms in total. The zero-order valence-electron chi connectivity index (χ0n) is 11.9. The highest BCUT2D eigenvalue weighted by Gasteiger charge is 2.18. The zero-order chi connectivity index (χ0) is 13.7. The Morgan fingerprint density at radius 3 is 2.74 bits per heavy atom. The van der Waals surface area contributed by atoms with E-state index in [1.165, 1.54) is 12.8 Å². The van der Waals surface area contributed by atoms with Crippen LogP contribution in [0.5, 0.6) is 11.5 Å². The van der Waals surface area contributed by atoms with Crippen LogP contribution in [0.25, 0.3) is 0 Å². The molecule has 0 radical (unpaired) electrons. The van der Waals surface area contributed by atoms with Crippen molar-refractivity contribution in [2.24, 2.45) is 0 Å². The first-order valence-electron chi connectivity index (χ1n) is 7.05. The lowest BCUT2D eigenvalue weighted by atomic mass is 10.0. The molecular weight excluding hydrogens is 240 g/mol. The van der Waals surface area contributed by atoms with Crippen molar-refractivity contribution in [1.82, 2.24) is 10.2 Å². The predicted octanol–water partition coefficient (Wildman–Crippen LogP) is 1.97. The number of rotatable bonds is 5. The number of ether oxygens (including phenoxy) is 1. The van der Waals surface area contributed by atoms with Crippen LogP contribution in [0.1, 0.15) is 25.3 Å². The fourth-order valence-corrected chi connectivity index (χ4v) is 2.58. The average molecular weight is 264 g/mol. The zero-order valence-corrected chi connectivity index (χ0v) is 11.9. The van der Waals surface area contributed by atoms with E-state index in [2.05, 4.69) is 17.1 Å². The second kappa shape index (κ2) is 6.78. The van der Waals surface area contributed by atoms with Crippen LogP contribution >= 0.6 is 0 Å². The predicted molar refractivity (Wildman–Crippen MR) is 76.6 cm³/mol. The Morgan fingerprint density at radius 1 is 1.37 bits per heavy atom. The minimum Gasteiger partial charge on any atom is -0.504 e. The van der Waals surface area contributed by atoms with Crippen LogP contribution in [0.2, 0.25) is 0 Å². The van der Waals surface area contributed by atoms with Gasteiger partial charge in [0.15, 0.2) is 11.5 Å². The molecule has 1 aliphatic heterocycles. The topological polar surface area (TPSA) is 44.7 Å². The molecule has 1 aliphatic rings. The van der Waals surface area contributed by atoms with Gasteiger partial charge in [-0.05, 0) is 38.5 Å². The maximum absolute atomic E-state index is 10.0. The Balaban J connectivity index is 1.86. The smallest absolute Gasteiger partial charge is 0.162 e. The van der Waals surface area contributed by atoms with Crippen molar-refractivity contribution in [3.05, 3.63) is 23.8 Å². The highest BCUT2D eigenvalue weighted by atomic mass is 16.5. The van der Waals surface area contributed by atoms with Crippen LogP contribution in [-0.2, 0) is 6.54 Å². The number of phenolic OH excluding ortho intramolecular Hbond substituents is 1. The van der Waals surface area contributed by atoms with Gasteiger partial charge in [0.1, 0.15) is 0 Å². The Morgan fingerprint density at radius 2 is 2.11 bits per heavy atom. The molecule has 0 bridgehead atoms. The maximum atomic E-state index is 10.0. The third-order valence-corrected chi connectivity index (χ3v) is 3.92. The summed E-state index contributed by atoms with van der Waals surface area (Å²) in [6.45, 7) is 6.38. The number of piperidine rings is 1. The molecule has 0 aliphatic carbocycles. The summed E-state index contributed by atoms with van der Waals surface area (Å²) >= 11 is 0. The molecule has 4 heteroatoms. The third kappa shape index (κ3) is 3.61. The number of methoxy groups -OCH3 is 1. The summed E-state index contributed by atoms with van der Waals surface area (Å²) in [5.41, 5.74) is 0.900. The highest BCUT2D eigenvalue weighted by molar-refractivity contribution is 5.45. The number of hydrogen-bond acceptors (Lipinski definition) is 4. The quantitative estimate of drug-likeness (QED) is 0.853. The van der Waals surface area contributed by atoms with E-state index in [-0.39, 0.29) is 5.75 Å². The molecule has 1 heterocycles. The molecule has 1 aromatic carbocycles. The van der Waals surface area contributed by atoms with Gasteiger partial charge in [-0.2, -0.15) is 0 Å². The minimum absolute atomic E-state index is 0.253. The van der Waals surface area contributed by atoms with E-state index in [0.717, 1.165) is 25.2 Å². The molecule has 19 heavy (non-hydrogen) atoms. The van der Waals surface area contributed by atoms with Gasteiger partial charge in [-0.3, -0.25) is 0 Å².